The molecule has 5 atom stereocenters. The Morgan fingerprint density at radius 2 is 1.73 bits per heavy atom. The molecule has 7 nitrogen and oxygen atoms in total. The number of ether oxygens (including phenoxy) is 2. The van der Waals surface area contributed by atoms with Gasteiger partial charge in [0.1, 0.15) is 24.4 Å². The van der Waals surface area contributed by atoms with E-state index in [1.807, 2.05) is 0 Å². The molecule has 5 N–H and O–H groups in total. The van der Waals surface area contributed by atoms with Crippen LogP contribution in [-0.4, -0.2) is 76.1 Å². The van der Waals surface area contributed by atoms with Gasteiger partial charge < -0.3 is 35.0 Å². The lowest BCUT2D eigenvalue weighted by molar-refractivity contribution is -0.294. The molecule has 0 aromatic heterocycles. The third-order valence-electron chi connectivity index (χ3n) is 2.24. The molecule has 1 rings (SSSR count). The molecule has 0 spiro atoms. The zero-order chi connectivity index (χ0) is 11.4. The number of hydrogen-bond acceptors (Lipinski definition) is 7. The van der Waals surface area contributed by atoms with Gasteiger partial charge in [-0.2, -0.15) is 0 Å². The lowest BCUT2D eigenvalue weighted by Gasteiger charge is -2.39. The minimum Gasteiger partial charge on any atom is -0.394 e. The van der Waals surface area contributed by atoms with Crippen molar-refractivity contribution in [2.45, 2.75) is 30.7 Å². The van der Waals surface area contributed by atoms with Crippen LogP contribution in [0.1, 0.15) is 0 Å². The lowest BCUT2D eigenvalue weighted by atomic mass is 9.99. The summed E-state index contributed by atoms with van der Waals surface area (Å²) in [5.41, 5.74) is 0. The first-order valence-electron chi connectivity index (χ1n) is 4.64. The number of aliphatic hydroxyl groups is 5. The maximum Gasteiger partial charge on any atom is 0.184 e. The second-order valence-electron chi connectivity index (χ2n) is 3.29. The average Bonchev–Trinajstić information content (AvgIpc) is 2.23. The molecule has 7 heteroatoms. The molecule has 90 valence electrons. The van der Waals surface area contributed by atoms with Crippen molar-refractivity contribution in [3.63, 3.8) is 0 Å². The third-order valence-corrected chi connectivity index (χ3v) is 2.24. The molecule has 15 heavy (non-hydrogen) atoms. The number of aliphatic hydroxyl groups excluding tert-OH is 5. The van der Waals surface area contributed by atoms with Gasteiger partial charge in [-0.05, 0) is 0 Å². The van der Waals surface area contributed by atoms with Gasteiger partial charge in [-0.25, -0.2) is 0 Å². The van der Waals surface area contributed by atoms with Crippen LogP contribution in [0.3, 0.4) is 0 Å². The van der Waals surface area contributed by atoms with E-state index in [2.05, 4.69) is 0 Å². The van der Waals surface area contributed by atoms with Gasteiger partial charge in [-0.15, -0.1) is 0 Å². The minimum absolute atomic E-state index is 0.0797. The quantitative estimate of drug-likeness (QED) is 0.341. The monoisotopic (exact) mass is 224 g/mol. The van der Waals surface area contributed by atoms with Crippen LogP contribution in [0, 0.1) is 0 Å². The van der Waals surface area contributed by atoms with Crippen molar-refractivity contribution in [3.8, 4) is 0 Å². The van der Waals surface area contributed by atoms with Crippen LogP contribution < -0.4 is 0 Å². The fraction of sp³-hybridized carbons (Fsp3) is 1.00. The van der Waals surface area contributed by atoms with Crippen LogP contribution in [0.2, 0.25) is 0 Å². The summed E-state index contributed by atoms with van der Waals surface area (Å²) in [4.78, 5) is 0. The predicted molar refractivity (Wildman–Crippen MR) is 46.8 cm³/mol. The first-order chi connectivity index (χ1) is 7.11. The molecule has 5 unspecified atom stereocenters. The predicted octanol–water partition coefficient (Wildman–Crippen LogP) is -3.20. The topological polar surface area (TPSA) is 120 Å². The molecule has 1 heterocycles. The van der Waals surface area contributed by atoms with Crippen molar-refractivity contribution in [1.29, 1.82) is 0 Å². The maximum atomic E-state index is 9.58. The van der Waals surface area contributed by atoms with Crippen molar-refractivity contribution in [3.05, 3.63) is 0 Å². The molecular weight excluding hydrogens is 208 g/mol. The highest BCUT2D eigenvalue weighted by Gasteiger charge is 2.44. The Kier molecular flexibility index (Phi) is 4.87. The summed E-state index contributed by atoms with van der Waals surface area (Å²) in [5, 5.41) is 45.6. The van der Waals surface area contributed by atoms with E-state index >= 15 is 0 Å². The summed E-state index contributed by atoms with van der Waals surface area (Å²) < 4.78 is 9.69. The van der Waals surface area contributed by atoms with Gasteiger partial charge in [0.05, 0.1) is 19.8 Å². The van der Waals surface area contributed by atoms with Gasteiger partial charge in [0.2, 0.25) is 0 Å². The first kappa shape index (κ1) is 12.8. The van der Waals surface area contributed by atoms with Crippen molar-refractivity contribution in [1.82, 2.24) is 0 Å². The van der Waals surface area contributed by atoms with Crippen molar-refractivity contribution < 1.29 is 35.0 Å². The normalized spacial score (nSPS) is 41.8. The molecule has 0 radical (unpaired) electrons. The second kappa shape index (κ2) is 5.71. The highest BCUT2D eigenvalue weighted by Crippen LogP contribution is 2.21. The fourth-order valence-corrected chi connectivity index (χ4v) is 1.45. The SMILES string of the molecule is OCCOC1C(O)C(O)OC(CO)C1O. The van der Waals surface area contributed by atoms with Gasteiger partial charge in [0.25, 0.3) is 0 Å². The van der Waals surface area contributed by atoms with E-state index in [4.69, 9.17) is 19.7 Å². The Bertz CT molecular complexity index is 188. The van der Waals surface area contributed by atoms with Gasteiger partial charge in [-0.1, -0.05) is 0 Å². The first-order valence-corrected chi connectivity index (χ1v) is 4.64. The van der Waals surface area contributed by atoms with Crippen molar-refractivity contribution in [2.24, 2.45) is 0 Å². The minimum atomic E-state index is -1.52. The molecule has 0 amide bonds. The van der Waals surface area contributed by atoms with Crippen molar-refractivity contribution in [2.75, 3.05) is 19.8 Å². The standard InChI is InChI=1S/C8H16O7/c9-1-2-14-7-5(11)4(3-10)15-8(13)6(7)12/h4-13H,1-3H2. The van der Waals surface area contributed by atoms with Crippen LogP contribution in [0.4, 0.5) is 0 Å². The average molecular weight is 224 g/mol. The van der Waals surface area contributed by atoms with Gasteiger partial charge in [0, 0.05) is 0 Å². The summed E-state index contributed by atoms with van der Waals surface area (Å²) >= 11 is 0. The smallest absolute Gasteiger partial charge is 0.184 e. The summed E-state index contributed by atoms with van der Waals surface area (Å²) in [5.74, 6) is 0. The zero-order valence-corrected chi connectivity index (χ0v) is 8.06. The van der Waals surface area contributed by atoms with Gasteiger partial charge in [-0.3, -0.25) is 0 Å². The molecule has 1 aliphatic rings. The Balaban J connectivity index is 2.62. The van der Waals surface area contributed by atoms with Crippen LogP contribution >= 0.6 is 0 Å². The third kappa shape index (κ3) is 2.85. The van der Waals surface area contributed by atoms with E-state index in [9.17, 15) is 15.3 Å². The molecule has 1 aliphatic heterocycles. The Labute approximate surface area is 86.5 Å². The molecule has 1 fully saturated rings. The van der Waals surface area contributed by atoms with Crippen LogP contribution in [0.15, 0.2) is 0 Å². The summed E-state index contributed by atoms with van der Waals surface area (Å²) in [6, 6.07) is 0. The van der Waals surface area contributed by atoms with E-state index in [1.54, 1.807) is 0 Å². The number of hydrogen-bond donors (Lipinski definition) is 5. The van der Waals surface area contributed by atoms with Crippen molar-refractivity contribution >= 4 is 0 Å². The Morgan fingerprint density at radius 1 is 1.07 bits per heavy atom. The molecule has 0 aromatic rings. The number of rotatable bonds is 4. The fourth-order valence-electron chi connectivity index (χ4n) is 1.45. The van der Waals surface area contributed by atoms with Crippen LogP contribution in [0.5, 0.6) is 0 Å². The molecule has 1 saturated heterocycles. The molecule has 0 saturated carbocycles. The summed E-state index contributed by atoms with van der Waals surface area (Å²) in [6.07, 6.45) is -6.27. The summed E-state index contributed by atoms with van der Waals surface area (Å²) in [6.45, 7) is -0.843. The van der Waals surface area contributed by atoms with Gasteiger partial charge >= 0.3 is 0 Å². The molecule has 0 aliphatic carbocycles. The molecular formula is C8H16O7. The van der Waals surface area contributed by atoms with E-state index in [0.29, 0.717) is 0 Å². The van der Waals surface area contributed by atoms with Gasteiger partial charge in [0.15, 0.2) is 6.29 Å². The Morgan fingerprint density at radius 3 is 2.27 bits per heavy atom. The highest BCUT2D eigenvalue weighted by molar-refractivity contribution is 4.89. The largest absolute Gasteiger partial charge is 0.394 e. The highest BCUT2D eigenvalue weighted by atomic mass is 16.6. The lowest BCUT2D eigenvalue weighted by Crippen LogP contribution is -2.59. The van der Waals surface area contributed by atoms with E-state index in [1.165, 1.54) is 0 Å². The summed E-state index contributed by atoms with van der Waals surface area (Å²) in [7, 11) is 0. The maximum absolute atomic E-state index is 9.58. The second-order valence-corrected chi connectivity index (χ2v) is 3.29. The van der Waals surface area contributed by atoms with E-state index < -0.39 is 37.3 Å². The van der Waals surface area contributed by atoms with E-state index in [-0.39, 0.29) is 13.2 Å². The zero-order valence-electron chi connectivity index (χ0n) is 8.06. The molecule has 0 aromatic carbocycles. The van der Waals surface area contributed by atoms with Crippen LogP contribution in [-0.2, 0) is 9.47 Å². The van der Waals surface area contributed by atoms with Crippen LogP contribution in [0.25, 0.3) is 0 Å². The Hall–Kier alpha value is -0.280. The van der Waals surface area contributed by atoms with E-state index in [0.717, 1.165) is 0 Å². The molecule has 0 bridgehead atoms.